The Balaban J connectivity index is 2.51. The highest BCUT2D eigenvalue weighted by Gasteiger charge is 2.16. The molecule has 0 atom stereocenters. The molecule has 0 bridgehead atoms. The minimum atomic E-state index is 0.442. The fourth-order valence-corrected chi connectivity index (χ4v) is 1.96. The lowest BCUT2D eigenvalue weighted by Crippen LogP contribution is -2.13. The molecule has 0 saturated heterocycles. The minimum absolute atomic E-state index is 0.442. The van der Waals surface area contributed by atoms with Gasteiger partial charge in [-0.05, 0) is 25.8 Å². The summed E-state index contributed by atoms with van der Waals surface area (Å²) in [4.78, 5) is 0. The van der Waals surface area contributed by atoms with E-state index < -0.39 is 0 Å². The molecular formula is C13H25N3O. The predicted molar refractivity (Wildman–Crippen MR) is 68.9 cm³/mol. The van der Waals surface area contributed by atoms with E-state index in [4.69, 9.17) is 4.42 Å². The second-order valence-corrected chi connectivity index (χ2v) is 4.49. The van der Waals surface area contributed by atoms with Crippen molar-refractivity contribution in [2.45, 2.75) is 65.3 Å². The summed E-state index contributed by atoms with van der Waals surface area (Å²) in [5, 5.41) is 11.5. The normalized spacial score (nSPS) is 11.3. The van der Waals surface area contributed by atoms with Gasteiger partial charge in [0.05, 0.1) is 6.54 Å². The maximum Gasteiger partial charge on any atom is 0.230 e. The lowest BCUT2D eigenvalue weighted by molar-refractivity contribution is 0.381. The summed E-state index contributed by atoms with van der Waals surface area (Å²) in [5.41, 5.74) is 0. The van der Waals surface area contributed by atoms with Crippen LogP contribution in [0.1, 0.15) is 70.6 Å². The first kappa shape index (κ1) is 14.2. The molecule has 0 radical (unpaired) electrons. The molecule has 0 unspecified atom stereocenters. The molecule has 1 aromatic heterocycles. The number of rotatable bonds is 9. The van der Waals surface area contributed by atoms with Crippen LogP contribution in [-0.4, -0.2) is 16.7 Å². The maximum atomic E-state index is 5.71. The summed E-state index contributed by atoms with van der Waals surface area (Å²) in [6, 6.07) is 0. The van der Waals surface area contributed by atoms with E-state index in [1.807, 2.05) is 0 Å². The van der Waals surface area contributed by atoms with Crippen LogP contribution in [0.3, 0.4) is 0 Å². The molecule has 0 aliphatic rings. The lowest BCUT2D eigenvalue weighted by Gasteiger charge is -2.09. The quantitative estimate of drug-likeness (QED) is 0.672. The molecule has 0 fully saturated rings. The van der Waals surface area contributed by atoms with Crippen LogP contribution in [-0.2, 0) is 6.54 Å². The summed E-state index contributed by atoms with van der Waals surface area (Å²) >= 11 is 0. The average Bonchev–Trinajstić information content (AvgIpc) is 2.78. The molecule has 4 nitrogen and oxygen atoms in total. The van der Waals surface area contributed by atoms with Crippen LogP contribution >= 0.6 is 0 Å². The molecule has 0 amide bonds. The van der Waals surface area contributed by atoms with Crippen molar-refractivity contribution in [2.24, 2.45) is 0 Å². The van der Waals surface area contributed by atoms with E-state index in [9.17, 15) is 0 Å². The van der Waals surface area contributed by atoms with Gasteiger partial charge in [-0.3, -0.25) is 0 Å². The molecule has 4 heteroatoms. The second-order valence-electron chi connectivity index (χ2n) is 4.49. The molecule has 17 heavy (non-hydrogen) atoms. The van der Waals surface area contributed by atoms with Gasteiger partial charge in [0, 0.05) is 5.92 Å². The van der Waals surface area contributed by atoms with Crippen molar-refractivity contribution in [2.75, 3.05) is 6.54 Å². The van der Waals surface area contributed by atoms with Crippen molar-refractivity contribution in [3.8, 4) is 0 Å². The number of hydrogen-bond donors (Lipinski definition) is 1. The molecule has 1 heterocycles. The van der Waals surface area contributed by atoms with Crippen molar-refractivity contribution < 1.29 is 4.42 Å². The van der Waals surface area contributed by atoms with Gasteiger partial charge in [0.1, 0.15) is 0 Å². The fourth-order valence-electron chi connectivity index (χ4n) is 1.96. The zero-order valence-electron chi connectivity index (χ0n) is 11.3. The van der Waals surface area contributed by atoms with Crippen LogP contribution in [0, 0.1) is 0 Å². The zero-order valence-corrected chi connectivity index (χ0v) is 11.3. The van der Waals surface area contributed by atoms with Crippen LogP contribution in [0.15, 0.2) is 4.42 Å². The molecular weight excluding hydrogens is 214 g/mol. The topological polar surface area (TPSA) is 51.0 Å². The van der Waals surface area contributed by atoms with Gasteiger partial charge in [0.2, 0.25) is 11.8 Å². The van der Waals surface area contributed by atoms with E-state index in [-0.39, 0.29) is 0 Å². The van der Waals surface area contributed by atoms with Gasteiger partial charge < -0.3 is 9.73 Å². The molecule has 1 aromatic rings. The van der Waals surface area contributed by atoms with Crippen molar-refractivity contribution in [1.29, 1.82) is 0 Å². The number of aromatic nitrogens is 2. The Labute approximate surface area is 104 Å². The minimum Gasteiger partial charge on any atom is -0.424 e. The van der Waals surface area contributed by atoms with Crippen molar-refractivity contribution >= 4 is 0 Å². The summed E-state index contributed by atoms with van der Waals surface area (Å²) in [6.45, 7) is 8.22. The summed E-state index contributed by atoms with van der Waals surface area (Å²) in [7, 11) is 0. The molecule has 0 aliphatic heterocycles. The Kier molecular flexibility index (Phi) is 6.86. The Bertz CT molecular complexity index is 293. The Morgan fingerprint density at radius 1 is 1.06 bits per heavy atom. The number of nitrogens with one attached hydrogen (secondary N) is 1. The molecule has 1 N–H and O–H groups in total. The van der Waals surface area contributed by atoms with E-state index in [2.05, 4.69) is 36.3 Å². The molecule has 0 aliphatic carbocycles. The van der Waals surface area contributed by atoms with Crippen LogP contribution < -0.4 is 5.32 Å². The smallest absolute Gasteiger partial charge is 0.230 e. The fraction of sp³-hybridized carbons (Fsp3) is 0.846. The second kappa shape index (κ2) is 8.23. The van der Waals surface area contributed by atoms with Crippen molar-refractivity contribution in [1.82, 2.24) is 15.5 Å². The zero-order chi connectivity index (χ0) is 12.5. The summed E-state index contributed by atoms with van der Waals surface area (Å²) in [6.07, 6.45) is 5.72. The first-order chi connectivity index (χ1) is 8.31. The standard InChI is InChI=1S/C13H25N3O/c1-4-7-11(8-5-2)13-16-15-12(17-13)10-14-9-6-3/h11,14H,4-10H2,1-3H3. The molecule has 0 saturated carbocycles. The molecule has 98 valence electrons. The van der Waals surface area contributed by atoms with Crippen LogP contribution in [0.25, 0.3) is 0 Å². The maximum absolute atomic E-state index is 5.71. The van der Waals surface area contributed by atoms with Crippen molar-refractivity contribution in [3.05, 3.63) is 11.8 Å². The third-order valence-corrected chi connectivity index (χ3v) is 2.81. The van der Waals surface area contributed by atoms with Gasteiger partial charge in [-0.2, -0.15) is 0 Å². The highest BCUT2D eigenvalue weighted by molar-refractivity contribution is 4.91. The Hall–Kier alpha value is -0.900. The first-order valence-electron chi connectivity index (χ1n) is 6.84. The van der Waals surface area contributed by atoms with E-state index in [1.165, 1.54) is 0 Å². The number of hydrogen-bond acceptors (Lipinski definition) is 4. The molecule has 0 spiro atoms. The Morgan fingerprint density at radius 3 is 2.35 bits per heavy atom. The van der Waals surface area contributed by atoms with Gasteiger partial charge >= 0.3 is 0 Å². The largest absolute Gasteiger partial charge is 0.424 e. The van der Waals surface area contributed by atoms with Crippen LogP contribution in [0.5, 0.6) is 0 Å². The van der Waals surface area contributed by atoms with Crippen LogP contribution in [0.2, 0.25) is 0 Å². The van der Waals surface area contributed by atoms with Crippen molar-refractivity contribution in [3.63, 3.8) is 0 Å². The predicted octanol–water partition coefficient (Wildman–Crippen LogP) is 3.25. The van der Waals surface area contributed by atoms with Gasteiger partial charge in [0.15, 0.2) is 0 Å². The van der Waals surface area contributed by atoms with Gasteiger partial charge in [-0.25, -0.2) is 0 Å². The van der Waals surface area contributed by atoms with Crippen LogP contribution in [0.4, 0.5) is 0 Å². The average molecular weight is 239 g/mol. The van der Waals surface area contributed by atoms with Gasteiger partial charge in [0.25, 0.3) is 0 Å². The van der Waals surface area contributed by atoms with E-state index >= 15 is 0 Å². The monoisotopic (exact) mass is 239 g/mol. The highest BCUT2D eigenvalue weighted by Crippen LogP contribution is 2.24. The van der Waals surface area contributed by atoms with Gasteiger partial charge in [-0.1, -0.05) is 33.6 Å². The third kappa shape index (κ3) is 4.86. The highest BCUT2D eigenvalue weighted by atomic mass is 16.4. The first-order valence-corrected chi connectivity index (χ1v) is 6.84. The summed E-state index contributed by atoms with van der Waals surface area (Å²) in [5.74, 6) is 1.98. The lowest BCUT2D eigenvalue weighted by atomic mass is 9.98. The molecule has 1 rings (SSSR count). The summed E-state index contributed by atoms with van der Waals surface area (Å²) < 4.78 is 5.71. The third-order valence-electron chi connectivity index (χ3n) is 2.81. The number of nitrogens with zero attached hydrogens (tertiary/aromatic N) is 2. The van der Waals surface area contributed by atoms with E-state index in [0.717, 1.165) is 44.5 Å². The molecule has 0 aromatic carbocycles. The van der Waals surface area contributed by atoms with E-state index in [0.29, 0.717) is 18.4 Å². The SMILES string of the molecule is CCCNCc1nnc(C(CCC)CCC)o1. The van der Waals surface area contributed by atoms with Gasteiger partial charge in [-0.15, -0.1) is 10.2 Å². The Morgan fingerprint density at radius 2 is 1.76 bits per heavy atom. The van der Waals surface area contributed by atoms with E-state index in [1.54, 1.807) is 0 Å².